The van der Waals surface area contributed by atoms with Crippen LogP contribution in [-0.2, 0) is 4.79 Å². The zero-order valence-corrected chi connectivity index (χ0v) is 12.9. The van der Waals surface area contributed by atoms with Crippen molar-refractivity contribution in [2.75, 3.05) is 39.3 Å². The van der Waals surface area contributed by atoms with Crippen molar-refractivity contribution in [3.05, 3.63) is 0 Å². The molecule has 2 atom stereocenters. The Kier molecular flexibility index (Phi) is 4.06. The molecule has 0 aliphatic carbocycles. The van der Waals surface area contributed by atoms with E-state index in [2.05, 4.69) is 17.6 Å². The molecule has 2 N–H and O–H groups in total. The van der Waals surface area contributed by atoms with Crippen LogP contribution in [0, 0.1) is 5.41 Å². The molecule has 3 aliphatic heterocycles. The number of rotatable bonds is 3. The molecule has 0 bridgehead atoms. The van der Waals surface area contributed by atoms with Gasteiger partial charge in [0.15, 0.2) is 0 Å². The topological polar surface area (TPSA) is 64.7 Å². The third-order valence-corrected chi connectivity index (χ3v) is 5.17. The Morgan fingerprint density at radius 3 is 3.00 bits per heavy atom. The van der Waals surface area contributed by atoms with E-state index in [1.807, 2.05) is 9.80 Å². The van der Waals surface area contributed by atoms with E-state index in [9.17, 15) is 9.59 Å². The number of piperidine rings is 1. The summed E-state index contributed by atoms with van der Waals surface area (Å²) < 4.78 is 0. The predicted octanol–water partition coefficient (Wildman–Crippen LogP) is 0.392. The molecule has 0 saturated carbocycles. The summed E-state index contributed by atoms with van der Waals surface area (Å²) in [5.41, 5.74) is -0.217. The van der Waals surface area contributed by atoms with E-state index in [4.69, 9.17) is 0 Å². The van der Waals surface area contributed by atoms with Gasteiger partial charge in [-0.05, 0) is 25.8 Å². The highest BCUT2D eigenvalue weighted by Crippen LogP contribution is 2.34. The molecule has 3 heterocycles. The van der Waals surface area contributed by atoms with E-state index in [-0.39, 0.29) is 17.5 Å². The fourth-order valence-corrected chi connectivity index (χ4v) is 4.07. The maximum absolute atomic E-state index is 13.1. The first-order valence-corrected chi connectivity index (χ1v) is 8.21. The van der Waals surface area contributed by atoms with E-state index in [1.165, 1.54) is 0 Å². The lowest BCUT2D eigenvalue weighted by Gasteiger charge is -2.44. The Balaban J connectivity index is 1.70. The summed E-state index contributed by atoms with van der Waals surface area (Å²) in [5.74, 6) is 0.301. The summed E-state index contributed by atoms with van der Waals surface area (Å²) in [6.07, 6.45) is 4.07. The average Bonchev–Trinajstić information content (AvgIpc) is 2.88. The number of hydrogen-bond donors (Lipinski definition) is 2. The number of amides is 3. The summed E-state index contributed by atoms with van der Waals surface area (Å²) >= 11 is 0. The van der Waals surface area contributed by atoms with Crippen LogP contribution in [0.5, 0.6) is 0 Å². The molecule has 3 saturated heterocycles. The first kappa shape index (κ1) is 14.6. The molecule has 3 aliphatic rings. The van der Waals surface area contributed by atoms with Gasteiger partial charge in [-0.3, -0.25) is 4.79 Å². The molecular formula is C15H26N4O2. The molecule has 3 amide bonds. The number of hydrogen-bond acceptors (Lipinski definition) is 3. The highest BCUT2D eigenvalue weighted by Gasteiger charge is 2.44. The molecule has 0 aromatic carbocycles. The van der Waals surface area contributed by atoms with E-state index < -0.39 is 0 Å². The van der Waals surface area contributed by atoms with Crippen molar-refractivity contribution < 1.29 is 9.59 Å². The lowest BCUT2D eigenvalue weighted by Crippen LogP contribution is -2.59. The van der Waals surface area contributed by atoms with Gasteiger partial charge < -0.3 is 20.4 Å². The average molecular weight is 294 g/mol. The fraction of sp³-hybridized carbons (Fsp3) is 0.867. The lowest BCUT2D eigenvalue weighted by atomic mass is 9.75. The molecule has 0 aromatic heterocycles. The normalized spacial score (nSPS) is 32.8. The van der Waals surface area contributed by atoms with Gasteiger partial charge in [0.25, 0.3) is 0 Å². The van der Waals surface area contributed by atoms with Gasteiger partial charge in [0, 0.05) is 32.7 Å². The Morgan fingerprint density at radius 1 is 1.43 bits per heavy atom. The van der Waals surface area contributed by atoms with E-state index >= 15 is 0 Å². The molecule has 2 unspecified atom stereocenters. The van der Waals surface area contributed by atoms with Gasteiger partial charge in [-0.25, -0.2) is 4.79 Å². The number of fused-ring (bicyclic) bond motifs is 1. The smallest absolute Gasteiger partial charge is 0.317 e. The van der Waals surface area contributed by atoms with Crippen LogP contribution in [0.4, 0.5) is 4.79 Å². The van der Waals surface area contributed by atoms with E-state index in [1.54, 1.807) is 0 Å². The summed E-state index contributed by atoms with van der Waals surface area (Å²) in [4.78, 5) is 28.6. The van der Waals surface area contributed by atoms with Crippen molar-refractivity contribution >= 4 is 11.9 Å². The van der Waals surface area contributed by atoms with Gasteiger partial charge >= 0.3 is 6.03 Å². The van der Waals surface area contributed by atoms with Crippen LogP contribution >= 0.6 is 0 Å². The van der Waals surface area contributed by atoms with E-state index in [0.29, 0.717) is 32.1 Å². The highest BCUT2D eigenvalue weighted by molar-refractivity contribution is 5.84. The molecule has 3 fully saturated rings. The molecule has 3 rings (SSSR count). The summed E-state index contributed by atoms with van der Waals surface area (Å²) in [5, 5.41) is 6.28. The second-order valence-electron chi connectivity index (χ2n) is 6.60. The molecule has 6 heteroatoms. The standard InChI is InChI=1S/C15H26N4O2/c1-2-4-15(5-3-6-16-11-15)13(20)18-7-8-19-12(10-18)9-17-14(19)21/h12,16H,2-11H2,1H3,(H,17,21). The number of nitrogens with one attached hydrogen (secondary N) is 2. The summed E-state index contributed by atoms with van der Waals surface area (Å²) in [6.45, 7) is 6.67. The first-order chi connectivity index (χ1) is 10.2. The van der Waals surface area contributed by atoms with Crippen LogP contribution in [0.1, 0.15) is 32.6 Å². The van der Waals surface area contributed by atoms with Crippen LogP contribution in [0.15, 0.2) is 0 Å². The summed E-state index contributed by atoms with van der Waals surface area (Å²) in [6, 6.07) is 0.181. The monoisotopic (exact) mass is 294 g/mol. The minimum atomic E-state index is -0.217. The maximum Gasteiger partial charge on any atom is 0.317 e. The largest absolute Gasteiger partial charge is 0.338 e. The van der Waals surface area contributed by atoms with Crippen molar-refractivity contribution in [3.63, 3.8) is 0 Å². The van der Waals surface area contributed by atoms with Crippen LogP contribution in [0.3, 0.4) is 0 Å². The van der Waals surface area contributed by atoms with Gasteiger partial charge in [0.2, 0.25) is 5.91 Å². The highest BCUT2D eigenvalue weighted by atomic mass is 16.2. The molecule has 0 aromatic rings. The molecule has 0 spiro atoms. The minimum Gasteiger partial charge on any atom is -0.338 e. The number of urea groups is 1. The Labute approximate surface area is 126 Å². The zero-order valence-electron chi connectivity index (χ0n) is 12.9. The number of carbonyl (C=O) groups is 2. The van der Waals surface area contributed by atoms with Crippen LogP contribution in [0.25, 0.3) is 0 Å². The Hall–Kier alpha value is -1.30. The van der Waals surface area contributed by atoms with E-state index in [0.717, 1.165) is 38.8 Å². The maximum atomic E-state index is 13.1. The summed E-state index contributed by atoms with van der Waals surface area (Å²) in [7, 11) is 0. The van der Waals surface area contributed by atoms with Gasteiger partial charge in [0.05, 0.1) is 11.5 Å². The van der Waals surface area contributed by atoms with Crippen molar-refractivity contribution in [1.29, 1.82) is 0 Å². The Morgan fingerprint density at radius 2 is 2.29 bits per heavy atom. The van der Waals surface area contributed by atoms with Crippen LogP contribution in [0.2, 0.25) is 0 Å². The van der Waals surface area contributed by atoms with Gasteiger partial charge in [-0.2, -0.15) is 0 Å². The third-order valence-electron chi connectivity index (χ3n) is 5.17. The number of carbonyl (C=O) groups excluding carboxylic acids is 2. The quantitative estimate of drug-likeness (QED) is 0.791. The van der Waals surface area contributed by atoms with Gasteiger partial charge in [-0.1, -0.05) is 13.3 Å². The molecule has 0 radical (unpaired) electrons. The first-order valence-electron chi connectivity index (χ1n) is 8.21. The van der Waals surface area contributed by atoms with Crippen LogP contribution < -0.4 is 10.6 Å². The predicted molar refractivity (Wildman–Crippen MR) is 79.9 cm³/mol. The molecule has 21 heavy (non-hydrogen) atoms. The van der Waals surface area contributed by atoms with Crippen molar-refractivity contribution in [3.8, 4) is 0 Å². The van der Waals surface area contributed by atoms with Gasteiger partial charge in [-0.15, -0.1) is 0 Å². The van der Waals surface area contributed by atoms with Crippen molar-refractivity contribution in [1.82, 2.24) is 20.4 Å². The fourth-order valence-electron chi connectivity index (χ4n) is 4.07. The number of piperazine rings is 1. The van der Waals surface area contributed by atoms with Crippen molar-refractivity contribution in [2.45, 2.75) is 38.6 Å². The second-order valence-corrected chi connectivity index (χ2v) is 6.60. The molecular weight excluding hydrogens is 268 g/mol. The third kappa shape index (κ3) is 2.61. The second kappa shape index (κ2) is 5.83. The zero-order chi connectivity index (χ0) is 14.9. The lowest BCUT2D eigenvalue weighted by molar-refractivity contribution is -0.146. The van der Waals surface area contributed by atoms with Crippen LogP contribution in [-0.4, -0.2) is 67.0 Å². The Bertz CT molecular complexity index is 414. The minimum absolute atomic E-state index is 0.0229. The molecule has 6 nitrogen and oxygen atoms in total. The number of nitrogens with zero attached hydrogens (tertiary/aromatic N) is 2. The SMILES string of the molecule is CCCC1(C(=O)N2CCN3C(=O)NCC3C2)CCCNC1. The molecule has 118 valence electrons. The van der Waals surface area contributed by atoms with Gasteiger partial charge in [0.1, 0.15) is 0 Å². The van der Waals surface area contributed by atoms with Crippen molar-refractivity contribution in [2.24, 2.45) is 5.41 Å².